The molecule has 0 aromatic carbocycles. The molecule has 0 atom stereocenters. The van der Waals surface area contributed by atoms with Crippen molar-refractivity contribution in [3.05, 3.63) is 43.2 Å². The fourth-order valence-electron chi connectivity index (χ4n) is 0.931. The van der Waals surface area contributed by atoms with Gasteiger partial charge >= 0.3 is 0 Å². The molecule has 3 heteroatoms. The van der Waals surface area contributed by atoms with Gasteiger partial charge in [-0.05, 0) is 12.1 Å². The summed E-state index contributed by atoms with van der Waals surface area (Å²) in [6, 6.07) is 3.93. The van der Waals surface area contributed by atoms with E-state index in [0.29, 0.717) is 0 Å². The van der Waals surface area contributed by atoms with Crippen LogP contribution in [-0.2, 0) is 0 Å². The summed E-state index contributed by atoms with van der Waals surface area (Å²) < 4.78 is 1.96. The Kier molecular flexibility index (Phi) is 1.41. The Bertz CT molecular complexity index is 312. The normalized spacial score (nSPS) is 9.82. The largest absolute Gasteiger partial charge is 0.321 e. The Labute approximate surface area is 64.3 Å². The van der Waals surface area contributed by atoms with Gasteiger partial charge in [-0.15, -0.1) is 0 Å². The topological polar surface area (TPSA) is 30.7 Å². The second-order valence-electron chi connectivity index (χ2n) is 2.19. The van der Waals surface area contributed by atoms with Gasteiger partial charge in [-0.2, -0.15) is 0 Å². The van der Waals surface area contributed by atoms with E-state index < -0.39 is 0 Å². The SMILES string of the molecule is c1ccn(-c2cncnc2)c1. The Morgan fingerprint density at radius 2 is 1.64 bits per heavy atom. The third kappa shape index (κ3) is 1.12. The first-order valence-electron chi connectivity index (χ1n) is 3.35. The monoisotopic (exact) mass is 145 g/mol. The van der Waals surface area contributed by atoms with Gasteiger partial charge in [0.2, 0.25) is 0 Å². The van der Waals surface area contributed by atoms with Crippen LogP contribution in [0, 0.1) is 0 Å². The quantitative estimate of drug-likeness (QED) is 0.605. The molecule has 0 fully saturated rings. The van der Waals surface area contributed by atoms with Crippen LogP contribution in [0.5, 0.6) is 0 Å². The Hall–Kier alpha value is -1.64. The fourth-order valence-corrected chi connectivity index (χ4v) is 0.931. The minimum Gasteiger partial charge on any atom is -0.321 e. The molecule has 0 aliphatic heterocycles. The smallest absolute Gasteiger partial charge is 0.115 e. The van der Waals surface area contributed by atoms with Crippen LogP contribution in [0.15, 0.2) is 43.2 Å². The molecule has 0 saturated heterocycles. The van der Waals surface area contributed by atoms with E-state index in [1.165, 1.54) is 6.33 Å². The van der Waals surface area contributed by atoms with E-state index in [-0.39, 0.29) is 0 Å². The van der Waals surface area contributed by atoms with Crippen LogP contribution in [0.2, 0.25) is 0 Å². The van der Waals surface area contributed by atoms with Gasteiger partial charge in [-0.25, -0.2) is 9.97 Å². The lowest BCUT2D eigenvalue weighted by Crippen LogP contribution is -1.90. The van der Waals surface area contributed by atoms with Gasteiger partial charge in [0, 0.05) is 12.4 Å². The predicted molar refractivity (Wildman–Crippen MR) is 41.4 cm³/mol. The third-order valence-corrected chi connectivity index (χ3v) is 1.45. The minimum atomic E-state index is 0.984. The average Bonchev–Trinajstić information content (AvgIpc) is 2.58. The van der Waals surface area contributed by atoms with Crippen LogP contribution < -0.4 is 0 Å². The van der Waals surface area contributed by atoms with Crippen LogP contribution in [0.1, 0.15) is 0 Å². The maximum absolute atomic E-state index is 3.91. The molecule has 0 aliphatic rings. The van der Waals surface area contributed by atoms with E-state index in [1.54, 1.807) is 12.4 Å². The van der Waals surface area contributed by atoms with Gasteiger partial charge in [0.15, 0.2) is 0 Å². The number of nitrogens with zero attached hydrogens (tertiary/aromatic N) is 3. The van der Waals surface area contributed by atoms with Crippen molar-refractivity contribution in [2.75, 3.05) is 0 Å². The molecule has 2 rings (SSSR count). The number of rotatable bonds is 1. The molecule has 0 saturated carbocycles. The summed E-state index contributed by atoms with van der Waals surface area (Å²) in [5, 5.41) is 0. The highest BCUT2D eigenvalue weighted by Gasteiger charge is 1.90. The second kappa shape index (κ2) is 2.54. The third-order valence-electron chi connectivity index (χ3n) is 1.45. The van der Waals surface area contributed by atoms with Crippen molar-refractivity contribution in [3.63, 3.8) is 0 Å². The first-order valence-corrected chi connectivity index (χ1v) is 3.35. The van der Waals surface area contributed by atoms with Crippen molar-refractivity contribution in [1.29, 1.82) is 0 Å². The van der Waals surface area contributed by atoms with Crippen LogP contribution >= 0.6 is 0 Å². The lowest BCUT2D eigenvalue weighted by atomic mass is 10.5. The van der Waals surface area contributed by atoms with Crippen molar-refractivity contribution < 1.29 is 0 Å². The molecule has 2 aromatic rings. The van der Waals surface area contributed by atoms with Crippen LogP contribution in [0.4, 0.5) is 0 Å². The predicted octanol–water partition coefficient (Wildman–Crippen LogP) is 1.27. The van der Waals surface area contributed by atoms with Crippen molar-refractivity contribution in [2.45, 2.75) is 0 Å². The zero-order valence-corrected chi connectivity index (χ0v) is 5.88. The molecule has 0 radical (unpaired) electrons. The zero-order chi connectivity index (χ0) is 7.52. The van der Waals surface area contributed by atoms with Crippen molar-refractivity contribution >= 4 is 0 Å². The minimum absolute atomic E-state index is 0.984. The van der Waals surface area contributed by atoms with Gasteiger partial charge in [0.05, 0.1) is 18.1 Å². The van der Waals surface area contributed by atoms with E-state index in [0.717, 1.165) is 5.69 Å². The number of hydrogen-bond acceptors (Lipinski definition) is 2. The molecular weight excluding hydrogens is 138 g/mol. The first-order chi connectivity index (χ1) is 5.47. The summed E-state index contributed by atoms with van der Waals surface area (Å²) >= 11 is 0. The van der Waals surface area contributed by atoms with Gasteiger partial charge in [0.1, 0.15) is 6.33 Å². The molecule has 0 amide bonds. The summed E-state index contributed by atoms with van der Waals surface area (Å²) in [6.07, 6.45) is 8.98. The highest BCUT2D eigenvalue weighted by atomic mass is 15.0. The molecular formula is C8H7N3. The van der Waals surface area contributed by atoms with Crippen LogP contribution in [0.3, 0.4) is 0 Å². The van der Waals surface area contributed by atoms with E-state index in [4.69, 9.17) is 0 Å². The van der Waals surface area contributed by atoms with Crippen molar-refractivity contribution in [3.8, 4) is 5.69 Å². The van der Waals surface area contributed by atoms with Gasteiger partial charge < -0.3 is 4.57 Å². The fraction of sp³-hybridized carbons (Fsp3) is 0. The van der Waals surface area contributed by atoms with Gasteiger partial charge in [0.25, 0.3) is 0 Å². The van der Waals surface area contributed by atoms with E-state index in [9.17, 15) is 0 Å². The average molecular weight is 145 g/mol. The Morgan fingerprint density at radius 1 is 1.00 bits per heavy atom. The molecule has 0 bridgehead atoms. The molecule has 0 N–H and O–H groups in total. The van der Waals surface area contributed by atoms with Gasteiger partial charge in [-0.3, -0.25) is 0 Å². The Morgan fingerprint density at radius 3 is 2.27 bits per heavy atom. The summed E-state index contributed by atoms with van der Waals surface area (Å²) in [4.78, 5) is 7.82. The van der Waals surface area contributed by atoms with Gasteiger partial charge in [-0.1, -0.05) is 0 Å². The molecule has 11 heavy (non-hydrogen) atoms. The first kappa shape index (κ1) is 6.09. The number of hydrogen-bond donors (Lipinski definition) is 0. The highest BCUT2D eigenvalue weighted by molar-refractivity contribution is 5.24. The second-order valence-corrected chi connectivity index (χ2v) is 2.19. The van der Waals surface area contributed by atoms with E-state index >= 15 is 0 Å². The molecule has 0 aliphatic carbocycles. The standard InChI is InChI=1S/C8H7N3/c1-2-4-11(3-1)8-5-9-7-10-6-8/h1-7H. The summed E-state index contributed by atoms with van der Waals surface area (Å²) in [6.45, 7) is 0. The highest BCUT2D eigenvalue weighted by Crippen LogP contribution is 2.02. The maximum atomic E-state index is 3.91. The van der Waals surface area contributed by atoms with Crippen LogP contribution in [0.25, 0.3) is 5.69 Å². The molecule has 3 nitrogen and oxygen atoms in total. The van der Waals surface area contributed by atoms with Crippen LogP contribution in [-0.4, -0.2) is 14.5 Å². The molecule has 2 heterocycles. The van der Waals surface area contributed by atoms with Crippen molar-refractivity contribution in [2.24, 2.45) is 0 Å². The molecule has 2 aromatic heterocycles. The maximum Gasteiger partial charge on any atom is 0.115 e. The summed E-state index contributed by atoms with van der Waals surface area (Å²) in [7, 11) is 0. The van der Waals surface area contributed by atoms with Crippen molar-refractivity contribution in [1.82, 2.24) is 14.5 Å². The molecule has 0 unspecified atom stereocenters. The summed E-state index contributed by atoms with van der Waals surface area (Å²) in [5.41, 5.74) is 0.984. The lowest BCUT2D eigenvalue weighted by molar-refractivity contribution is 1.02. The van der Waals surface area contributed by atoms with E-state index in [1.807, 2.05) is 29.1 Å². The molecule has 0 spiro atoms. The Balaban J connectivity index is 2.46. The van der Waals surface area contributed by atoms with E-state index in [2.05, 4.69) is 9.97 Å². The molecule has 54 valence electrons. The lowest BCUT2D eigenvalue weighted by Gasteiger charge is -1.98. The summed E-state index contributed by atoms with van der Waals surface area (Å²) in [5.74, 6) is 0. The zero-order valence-electron chi connectivity index (χ0n) is 5.88. The number of aromatic nitrogens is 3.